The average Bonchev–Trinajstić information content (AvgIpc) is 2.71. The number of piperidine rings is 1. The largest absolute Gasteiger partial charge is 0.297 e. The smallest absolute Gasteiger partial charge is 0.159 e. The van der Waals surface area contributed by atoms with Crippen LogP contribution in [0.4, 0.5) is 0 Å². The van der Waals surface area contributed by atoms with E-state index in [-0.39, 0.29) is 0 Å². The van der Waals surface area contributed by atoms with Gasteiger partial charge >= 0.3 is 0 Å². The lowest BCUT2D eigenvalue weighted by atomic mass is 9.90. The van der Waals surface area contributed by atoms with Crippen molar-refractivity contribution in [2.75, 3.05) is 13.1 Å². The van der Waals surface area contributed by atoms with Crippen molar-refractivity contribution in [3.8, 4) is 11.4 Å². The van der Waals surface area contributed by atoms with Gasteiger partial charge in [0.15, 0.2) is 5.82 Å². The molecule has 26 heavy (non-hydrogen) atoms. The summed E-state index contributed by atoms with van der Waals surface area (Å²) in [5.41, 5.74) is 3.66. The van der Waals surface area contributed by atoms with Gasteiger partial charge in [-0.25, -0.2) is 9.97 Å². The Labute approximate surface area is 155 Å². The van der Waals surface area contributed by atoms with Crippen LogP contribution in [0.1, 0.15) is 24.1 Å². The zero-order chi connectivity index (χ0) is 17.6. The SMILES string of the molecule is c1ccc(CC2CCN(Cc3ccnc(-c4ccccc4)n3)CC2)cc1. The summed E-state index contributed by atoms with van der Waals surface area (Å²) in [4.78, 5) is 11.7. The Morgan fingerprint density at radius 1 is 0.846 bits per heavy atom. The van der Waals surface area contributed by atoms with Gasteiger partial charge in [-0.05, 0) is 49.9 Å². The Hall–Kier alpha value is -2.52. The molecule has 0 bridgehead atoms. The summed E-state index contributed by atoms with van der Waals surface area (Å²) in [5, 5.41) is 0. The van der Waals surface area contributed by atoms with Gasteiger partial charge in [0.05, 0.1) is 5.69 Å². The van der Waals surface area contributed by atoms with Crippen LogP contribution in [-0.4, -0.2) is 28.0 Å². The molecule has 0 radical (unpaired) electrons. The van der Waals surface area contributed by atoms with Gasteiger partial charge in [0.25, 0.3) is 0 Å². The van der Waals surface area contributed by atoms with Crippen LogP contribution < -0.4 is 0 Å². The summed E-state index contributed by atoms with van der Waals surface area (Å²) in [5.74, 6) is 1.63. The Balaban J connectivity index is 1.33. The van der Waals surface area contributed by atoms with Crippen molar-refractivity contribution in [1.29, 1.82) is 0 Å². The first-order valence-electron chi connectivity index (χ1n) is 9.50. The van der Waals surface area contributed by atoms with E-state index in [0.717, 1.165) is 42.6 Å². The minimum atomic E-state index is 0.805. The first-order valence-corrected chi connectivity index (χ1v) is 9.50. The third kappa shape index (κ3) is 4.36. The predicted octanol–water partition coefficient (Wildman–Crippen LogP) is 4.60. The monoisotopic (exact) mass is 343 g/mol. The van der Waals surface area contributed by atoms with Crippen molar-refractivity contribution in [2.24, 2.45) is 5.92 Å². The molecule has 0 N–H and O–H groups in total. The second kappa shape index (κ2) is 8.24. The highest BCUT2D eigenvalue weighted by molar-refractivity contribution is 5.54. The standard InChI is InChI=1S/C23H25N3/c1-3-7-19(8-4-1)17-20-12-15-26(16-13-20)18-22-11-14-24-23(25-22)21-9-5-2-6-10-21/h1-11,14,20H,12-13,15-18H2. The van der Waals surface area contributed by atoms with E-state index in [4.69, 9.17) is 4.98 Å². The van der Waals surface area contributed by atoms with Crippen LogP contribution in [0.15, 0.2) is 72.9 Å². The predicted molar refractivity (Wildman–Crippen MR) is 106 cm³/mol. The molecule has 1 saturated heterocycles. The molecule has 3 aromatic rings. The van der Waals surface area contributed by atoms with Crippen LogP contribution in [0.3, 0.4) is 0 Å². The number of aromatic nitrogens is 2. The average molecular weight is 343 g/mol. The second-order valence-corrected chi connectivity index (χ2v) is 7.15. The highest BCUT2D eigenvalue weighted by Crippen LogP contribution is 2.23. The van der Waals surface area contributed by atoms with Gasteiger partial charge in [0.1, 0.15) is 0 Å². The van der Waals surface area contributed by atoms with Crippen LogP contribution in [0, 0.1) is 5.92 Å². The Bertz CT molecular complexity index is 809. The molecule has 2 aromatic carbocycles. The van der Waals surface area contributed by atoms with Crippen molar-refractivity contribution < 1.29 is 0 Å². The van der Waals surface area contributed by atoms with E-state index in [9.17, 15) is 0 Å². The molecule has 4 rings (SSSR count). The third-order valence-corrected chi connectivity index (χ3v) is 5.21. The minimum absolute atomic E-state index is 0.805. The van der Waals surface area contributed by atoms with Gasteiger partial charge in [-0.1, -0.05) is 60.7 Å². The minimum Gasteiger partial charge on any atom is -0.297 e. The maximum Gasteiger partial charge on any atom is 0.159 e. The normalized spacial score (nSPS) is 15.8. The number of nitrogens with zero attached hydrogens (tertiary/aromatic N) is 3. The molecule has 1 aliphatic rings. The van der Waals surface area contributed by atoms with Crippen molar-refractivity contribution >= 4 is 0 Å². The molecule has 0 spiro atoms. The van der Waals surface area contributed by atoms with Gasteiger partial charge in [-0.3, -0.25) is 4.90 Å². The lowest BCUT2D eigenvalue weighted by Crippen LogP contribution is -2.34. The molecule has 0 saturated carbocycles. The Kier molecular flexibility index (Phi) is 5.36. The Morgan fingerprint density at radius 2 is 1.54 bits per heavy atom. The molecule has 0 unspecified atom stereocenters. The molecule has 1 aliphatic heterocycles. The molecule has 1 aromatic heterocycles. The zero-order valence-electron chi connectivity index (χ0n) is 15.1. The molecule has 1 fully saturated rings. The molecule has 3 nitrogen and oxygen atoms in total. The number of likely N-dealkylation sites (tertiary alicyclic amines) is 1. The molecular formula is C23H25N3. The highest BCUT2D eigenvalue weighted by atomic mass is 15.1. The maximum atomic E-state index is 4.77. The van der Waals surface area contributed by atoms with Gasteiger partial charge in [-0.15, -0.1) is 0 Å². The van der Waals surface area contributed by atoms with Gasteiger partial charge in [-0.2, -0.15) is 0 Å². The molecule has 132 valence electrons. The summed E-state index contributed by atoms with van der Waals surface area (Å²) in [6.07, 6.45) is 5.63. The van der Waals surface area contributed by atoms with E-state index >= 15 is 0 Å². The first-order chi connectivity index (χ1) is 12.9. The number of benzene rings is 2. The lowest BCUT2D eigenvalue weighted by Gasteiger charge is -2.31. The molecule has 0 atom stereocenters. The summed E-state index contributed by atoms with van der Waals surface area (Å²) >= 11 is 0. The second-order valence-electron chi connectivity index (χ2n) is 7.15. The Morgan fingerprint density at radius 3 is 2.27 bits per heavy atom. The number of hydrogen-bond acceptors (Lipinski definition) is 3. The van der Waals surface area contributed by atoms with E-state index in [1.165, 1.54) is 24.8 Å². The van der Waals surface area contributed by atoms with E-state index in [1.807, 2.05) is 30.5 Å². The van der Waals surface area contributed by atoms with E-state index in [0.29, 0.717) is 0 Å². The van der Waals surface area contributed by atoms with Gasteiger partial charge in [0.2, 0.25) is 0 Å². The molecular weight excluding hydrogens is 318 g/mol. The zero-order valence-corrected chi connectivity index (χ0v) is 15.1. The summed E-state index contributed by atoms with van der Waals surface area (Å²) in [6.45, 7) is 3.23. The summed E-state index contributed by atoms with van der Waals surface area (Å²) in [7, 11) is 0. The van der Waals surface area contributed by atoms with Crippen LogP contribution >= 0.6 is 0 Å². The van der Waals surface area contributed by atoms with Gasteiger partial charge < -0.3 is 0 Å². The number of rotatable bonds is 5. The van der Waals surface area contributed by atoms with Crippen molar-refractivity contribution in [3.63, 3.8) is 0 Å². The van der Waals surface area contributed by atoms with Crippen molar-refractivity contribution in [2.45, 2.75) is 25.8 Å². The molecule has 0 aliphatic carbocycles. The summed E-state index contributed by atoms with van der Waals surface area (Å²) < 4.78 is 0. The van der Waals surface area contributed by atoms with Crippen LogP contribution in [0.2, 0.25) is 0 Å². The summed E-state index contributed by atoms with van der Waals surface area (Å²) in [6, 6.07) is 23.1. The molecule has 2 heterocycles. The lowest BCUT2D eigenvalue weighted by molar-refractivity contribution is 0.175. The quantitative estimate of drug-likeness (QED) is 0.678. The van der Waals surface area contributed by atoms with Crippen molar-refractivity contribution in [1.82, 2.24) is 14.9 Å². The fourth-order valence-corrected chi connectivity index (χ4v) is 3.74. The van der Waals surface area contributed by atoms with Crippen LogP contribution in [-0.2, 0) is 13.0 Å². The third-order valence-electron chi connectivity index (χ3n) is 5.21. The fourth-order valence-electron chi connectivity index (χ4n) is 3.74. The van der Waals surface area contributed by atoms with E-state index < -0.39 is 0 Å². The molecule has 3 heteroatoms. The molecule has 0 amide bonds. The topological polar surface area (TPSA) is 29.0 Å². The van der Waals surface area contributed by atoms with Gasteiger partial charge in [0, 0.05) is 18.3 Å². The van der Waals surface area contributed by atoms with E-state index in [2.05, 4.69) is 52.3 Å². The van der Waals surface area contributed by atoms with Crippen LogP contribution in [0.25, 0.3) is 11.4 Å². The highest BCUT2D eigenvalue weighted by Gasteiger charge is 2.20. The maximum absolute atomic E-state index is 4.77. The fraction of sp³-hybridized carbons (Fsp3) is 0.304. The van der Waals surface area contributed by atoms with Crippen molar-refractivity contribution in [3.05, 3.63) is 84.2 Å². The number of hydrogen-bond donors (Lipinski definition) is 0. The first kappa shape index (κ1) is 16.9. The van der Waals surface area contributed by atoms with Crippen LogP contribution in [0.5, 0.6) is 0 Å². The van der Waals surface area contributed by atoms with E-state index in [1.54, 1.807) is 0 Å².